The van der Waals surface area contributed by atoms with Gasteiger partial charge in [-0.05, 0) is 54.8 Å². The van der Waals surface area contributed by atoms with Crippen LogP contribution in [0.5, 0.6) is 11.5 Å². The van der Waals surface area contributed by atoms with Crippen molar-refractivity contribution in [3.05, 3.63) is 97.2 Å². The fourth-order valence-corrected chi connectivity index (χ4v) is 5.37. The molecule has 0 bridgehead atoms. The van der Waals surface area contributed by atoms with Gasteiger partial charge < -0.3 is 9.47 Å². The summed E-state index contributed by atoms with van der Waals surface area (Å²) in [7, 11) is 1.51. The molecule has 1 fully saturated rings. The van der Waals surface area contributed by atoms with E-state index in [1.54, 1.807) is 30.3 Å². The van der Waals surface area contributed by atoms with E-state index < -0.39 is 0 Å². The molecule has 0 radical (unpaired) electrons. The van der Waals surface area contributed by atoms with Crippen LogP contribution in [-0.2, 0) is 6.61 Å². The molecule has 4 aromatic rings. The molecular weight excluding hydrogens is 573 g/mol. The number of benzene rings is 3. The molecule has 0 saturated heterocycles. The first-order chi connectivity index (χ1) is 18.4. The molecule has 0 unspecified atom stereocenters. The lowest BCUT2D eigenvalue weighted by Crippen LogP contribution is -2.25. The molecule has 3 aromatic carbocycles. The van der Waals surface area contributed by atoms with Gasteiger partial charge in [0.25, 0.3) is 5.56 Å². The first-order valence-corrected chi connectivity index (χ1v) is 13.6. The van der Waals surface area contributed by atoms with Crippen molar-refractivity contribution in [3.8, 4) is 11.5 Å². The maximum atomic E-state index is 13.7. The molecule has 9 heteroatoms. The summed E-state index contributed by atoms with van der Waals surface area (Å²) >= 11 is 9.82. The lowest BCUT2D eigenvalue weighted by atomic mass is 9.88. The molecule has 0 N–H and O–H groups in total. The SMILES string of the molecule is COc1cc(Cl)cc(C=Nn2c(C3CCCCC3)nc3ccc(Br)cc3c2=O)c1OCc1cccc(F)c1. The van der Waals surface area contributed by atoms with Crippen LogP contribution >= 0.6 is 27.5 Å². The van der Waals surface area contributed by atoms with Crippen molar-refractivity contribution in [2.45, 2.75) is 44.6 Å². The monoisotopic (exact) mass is 597 g/mol. The van der Waals surface area contributed by atoms with Gasteiger partial charge in [0.05, 0.1) is 24.2 Å². The minimum atomic E-state index is -0.346. The van der Waals surface area contributed by atoms with Gasteiger partial charge in [0.15, 0.2) is 11.5 Å². The number of hydrogen-bond donors (Lipinski definition) is 0. The fourth-order valence-electron chi connectivity index (χ4n) is 4.80. The van der Waals surface area contributed by atoms with Crippen LogP contribution < -0.4 is 15.0 Å². The van der Waals surface area contributed by atoms with Crippen LogP contribution in [-0.4, -0.2) is 23.0 Å². The van der Waals surface area contributed by atoms with E-state index in [9.17, 15) is 9.18 Å². The van der Waals surface area contributed by atoms with E-state index in [1.807, 2.05) is 12.1 Å². The molecule has 0 spiro atoms. The number of methoxy groups -OCH3 is 1. The number of ether oxygens (including phenoxy) is 2. The third-order valence-electron chi connectivity index (χ3n) is 6.66. The summed E-state index contributed by atoms with van der Waals surface area (Å²) in [5.74, 6) is 1.22. The van der Waals surface area contributed by atoms with Gasteiger partial charge in [-0.3, -0.25) is 4.79 Å². The summed E-state index contributed by atoms with van der Waals surface area (Å²) in [5.41, 5.74) is 1.57. The smallest absolute Gasteiger partial charge is 0.282 e. The molecule has 1 aromatic heterocycles. The second kappa shape index (κ2) is 11.7. The topological polar surface area (TPSA) is 65.7 Å². The van der Waals surface area contributed by atoms with E-state index >= 15 is 0 Å². The second-order valence-corrected chi connectivity index (χ2v) is 10.6. The molecule has 0 atom stereocenters. The Balaban J connectivity index is 1.59. The van der Waals surface area contributed by atoms with Gasteiger partial charge in [-0.1, -0.05) is 58.9 Å². The Kier molecular flexibility index (Phi) is 8.09. The van der Waals surface area contributed by atoms with Crippen molar-refractivity contribution < 1.29 is 13.9 Å². The van der Waals surface area contributed by atoms with E-state index in [2.05, 4.69) is 21.0 Å². The maximum absolute atomic E-state index is 13.7. The predicted octanol–water partition coefficient (Wildman–Crippen LogP) is 7.47. The third kappa shape index (κ3) is 5.76. The van der Waals surface area contributed by atoms with Gasteiger partial charge in [0.2, 0.25) is 0 Å². The lowest BCUT2D eigenvalue weighted by molar-refractivity contribution is 0.283. The molecular formula is C29H26BrClFN3O3. The highest BCUT2D eigenvalue weighted by Crippen LogP contribution is 2.35. The van der Waals surface area contributed by atoms with E-state index in [0.717, 1.165) is 30.2 Å². The van der Waals surface area contributed by atoms with Crippen LogP contribution in [0.1, 0.15) is 55.0 Å². The van der Waals surface area contributed by atoms with Crippen LogP contribution in [0.25, 0.3) is 10.9 Å². The fraction of sp³-hybridized carbons (Fsp3) is 0.276. The van der Waals surface area contributed by atoms with Gasteiger partial charge in [-0.2, -0.15) is 9.78 Å². The van der Waals surface area contributed by atoms with Crippen LogP contribution in [0.2, 0.25) is 5.02 Å². The number of hydrogen-bond acceptors (Lipinski definition) is 5. The Hall–Kier alpha value is -3.23. The Morgan fingerprint density at radius 3 is 2.74 bits per heavy atom. The van der Waals surface area contributed by atoms with E-state index in [4.69, 9.17) is 26.1 Å². The Labute approximate surface area is 233 Å². The van der Waals surface area contributed by atoms with Crippen LogP contribution in [0.4, 0.5) is 4.39 Å². The molecule has 1 saturated carbocycles. The maximum Gasteiger partial charge on any atom is 0.282 e. The molecule has 1 aliphatic rings. The Bertz CT molecular complexity index is 1570. The average molecular weight is 599 g/mol. The van der Waals surface area contributed by atoms with Gasteiger partial charge in [-0.25, -0.2) is 9.37 Å². The standard InChI is InChI=1S/C29H26BrClFN3O3/c1-37-26-15-22(31)13-20(27(26)38-17-18-6-5-9-23(32)12-18)16-33-35-28(19-7-3-2-4-8-19)34-25-11-10-21(30)14-24(25)29(35)36/h5-6,9-16,19H,2-4,7-8,17H2,1H3. The summed E-state index contributed by atoms with van der Waals surface area (Å²) in [4.78, 5) is 18.5. The first-order valence-electron chi connectivity index (χ1n) is 12.4. The number of halogens is 3. The van der Waals surface area contributed by atoms with Gasteiger partial charge in [0, 0.05) is 27.0 Å². The quantitative estimate of drug-likeness (QED) is 0.207. The van der Waals surface area contributed by atoms with E-state index in [1.165, 1.54) is 36.6 Å². The van der Waals surface area contributed by atoms with Crippen molar-refractivity contribution in [1.29, 1.82) is 0 Å². The summed E-state index contributed by atoms with van der Waals surface area (Å²) < 4.78 is 27.4. The summed E-state index contributed by atoms with van der Waals surface area (Å²) in [6, 6.07) is 15.0. The van der Waals surface area contributed by atoms with Crippen molar-refractivity contribution >= 4 is 44.6 Å². The second-order valence-electron chi connectivity index (χ2n) is 9.27. The molecule has 5 rings (SSSR count). The third-order valence-corrected chi connectivity index (χ3v) is 7.37. The molecule has 6 nitrogen and oxygen atoms in total. The lowest BCUT2D eigenvalue weighted by Gasteiger charge is -2.23. The zero-order valence-electron chi connectivity index (χ0n) is 20.8. The normalized spacial score (nSPS) is 14.3. The predicted molar refractivity (Wildman–Crippen MR) is 151 cm³/mol. The summed E-state index contributed by atoms with van der Waals surface area (Å²) in [6.07, 6.45) is 6.81. The number of nitrogens with zero attached hydrogens (tertiary/aromatic N) is 3. The highest BCUT2D eigenvalue weighted by molar-refractivity contribution is 9.10. The number of aromatic nitrogens is 2. The molecule has 1 heterocycles. The van der Waals surface area contributed by atoms with Crippen LogP contribution in [0.3, 0.4) is 0 Å². The van der Waals surface area contributed by atoms with E-state index in [0.29, 0.717) is 44.4 Å². The molecule has 38 heavy (non-hydrogen) atoms. The van der Waals surface area contributed by atoms with Crippen molar-refractivity contribution in [3.63, 3.8) is 0 Å². The van der Waals surface area contributed by atoms with Gasteiger partial charge in [-0.15, -0.1) is 0 Å². The molecule has 0 aliphatic heterocycles. The van der Waals surface area contributed by atoms with Crippen LogP contribution in [0, 0.1) is 5.82 Å². The minimum Gasteiger partial charge on any atom is -0.493 e. The summed E-state index contributed by atoms with van der Waals surface area (Å²) in [5, 5.41) is 5.52. The first kappa shape index (κ1) is 26.4. The molecule has 196 valence electrons. The number of rotatable bonds is 7. The largest absolute Gasteiger partial charge is 0.493 e. The van der Waals surface area contributed by atoms with Crippen LogP contribution in [0.15, 0.2) is 69.0 Å². The van der Waals surface area contributed by atoms with Crippen molar-refractivity contribution in [2.75, 3.05) is 7.11 Å². The minimum absolute atomic E-state index is 0.107. The highest BCUT2D eigenvalue weighted by atomic mass is 79.9. The highest BCUT2D eigenvalue weighted by Gasteiger charge is 2.23. The molecule has 0 amide bonds. The van der Waals surface area contributed by atoms with Gasteiger partial charge >= 0.3 is 0 Å². The Morgan fingerprint density at radius 2 is 1.97 bits per heavy atom. The number of fused-ring (bicyclic) bond motifs is 1. The van der Waals surface area contributed by atoms with Gasteiger partial charge in [0.1, 0.15) is 18.2 Å². The van der Waals surface area contributed by atoms with E-state index in [-0.39, 0.29) is 23.9 Å². The summed E-state index contributed by atoms with van der Waals surface area (Å²) in [6.45, 7) is 0.107. The zero-order valence-corrected chi connectivity index (χ0v) is 23.1. The van der Waals surface area contributed by atoms with Crippen molar-refractivity contribution in [2.24, 2.45) is 5.10 Å². The van der Waals surface area contributed by atoms with Crippen molar-refractivity contribution in [1.82, 2.24) is 9.66 Å². The average Bonchev–Trinajstić information content (AvgIpc) is 2.92. The molecule has 1 aliphatic carbocycles. The zero-order chi connectivity index (χ0) is 26.6. The Morgan fingerprint density at radius 1 is 1.16 bits per heavy atom.